The highest BCUT2D eigenvalue weighted by molar-refractivity contribution is 9.11. The summed E-state index contributed by atoms with van der Waals surface area (Å²) in [7, 11) is 0. The Labute approximate surface area is 95.7 Å². The summed E-state index contributed by atoms with van der Waals surface area (Å²) in [6, 6.07) is 0. The van der Waals surface area contributed by atoms with Crippen molar-refractivity contribution < 1.29 is 9.59 Å². The number of halogens is 1. The van der Waals surface area contributed by atoms with E-state index in [1.807, 2.05) is 0 Å². The van der Waals surface area contributed by atoms with Crippen LogP contribution in [0.2, 0.25) is 0 Å². The van der Waals surface area contributed by atoms with Gasteiger partial charge in [0, 0.05) is 10.2 Å². The maximum Gasteiger partial charge on any atom is 0.230 e. The van der Waals surface area contributed by atoms with Crippen molar-refractivity contribution >= 4 is 27.6 Å². The van der Waals surface area contributed by atoms with E-state index < -0.39 is 11.3 Å². The molecule has 0 radical (unpaired) electrons. The molecular formula is C10H11BrN2O2. The molecule has 1 unspecified atom stereocenters. The lowest BCUT2D eigenvalue weighted by atomic mass is 9.75. The van der Waals surface area contributed by atoms with Gasteiger partial charge in [0.05, 0.1) is 17.0 Å². The molecule has 2 aliphatic rings. The normalized spacial score (nSPS) is 28.7. The van der Waals surface area contributed by atoms with Gasteiger partial charge in [0.2, 0.25) is 5.91 Å². The first-order chi connectivity index (χ1) is 6.85. The third kappa shape index (κ3) is 1.26. The Morgan fingerprint density at radius 3 is 2.67 bits per heavy atom. The largest absolute Gasteiger partial charge is 0.396 e. The number of carbonyl (C=O) groups excluding carboxylic acids is 2. The van der Waals surface area contributed by atoms with E-state index in [9.17, 15) is 9.59 Å². The molecular weight excluding hydrogens is 260 g/mol. The van der Waals surface area contributed by atoms with Crippen LogP contribution < -0.4 is 11.1 Å². The Hall–Kier alpha value is -1.10. The van der Waals surface area contributed by atoms with Crippen molar-refractivity contribution in [3.63, 3.8) is 0 Å². The molecule has 1 saturated heterocycles. The van der Waals surface area contributed by atoms with E-state index in [1.54, 1.807) is 13.8 Å². The second kappa shape index (κ2) is 2.95. The fraction of sp³-hybridized carbons (Fsp3) is 0.400. The highest BCUT2D eigenvalue weighted by Gasteiger charge is 2.51. The van der Waals surface area contributed by atoms with E-state index in [4.69, 9.17) is 5.73 Å². The number of hydrogen-bond acceptors (Lipinski definition) is 3. The van der Waals surface area contributed by atoms with E-state index in [0.29, 0.717) is 10.2 Å². The minimum atomic E-state index is -0.732. The quantitative estimate of drug-likeness (QED) is 0.684. The molecule has 2 rings (SSSR count). The molecule has 1 heterocycles. The summed E-state index contributed by atoms with van der Waals surface area (Å²) in [6.07, 6.45) is 1.54. The maximum atomic E-state index is 11.9. The maximum absolute atomic E-state index is 11.9. The zero-order valence-electron chi connectivity index (χ0n) is 8.43. The summed E-state index contributed by atoms with van der Waals surface area (Å²) >= 11 is 3.30. The Balaban J connectivity index is 2.59. The molecule has 80 valence electrons. The van der Waals surface area contributed by atoms with Gasteiger partial charge in [-0.15, -0.1) is 0 Å². The molecule has 4 nitrogen and oxygen atoms in total. The van der Waals surface area contributed by atoms with Gasteiger partial charge in [-0.05, 0) is 35.9 Å². The van der Waals surface area contributed by atoms with Crippen LogP contribution in [-0.2, 0) is 9.59 Å². The molecule has 0 bridgehead atoms. The third-order valence-corrected chi connectivity index (χ3v) is 3.59. The van der Waals surface area contributed by atoms with Crippen molar-refractivity contribution in [1.29, 1.82) is 0 Å². The summed E-state index contributed by atoms with van der Waals surface area (Å²) in [4.78, 5) is 23.6. The SMILES string of the molecule is CC1(C)C(=O)NC2=C(Br)C=C(N)C(=O)C21. The lowest BCUT2D eigenvalue weighted by Gasteiger charge is -2.25. The standard InChI is InChI=1S/C10H11BrN2O2/c1-10(2)6-7(13-9(10)15)4(11)3-5(12)8(6)14/h3,6H,12H2,1-2H3,(H,13,15). The van der Waals surface area contributed by atoms with Crippen LogP contribution in [-0.4, -0.2) is 11.7 Å². The molecule has 1 aliphatic carbocycles. The summed E-state index contributed by atoms with van der Waals surface area (Å²) < 4.78 is 0.684. The molecule has 0 aromatic rings. The van der Waals surface area contributed by atoms with Crippen LogP contribution in [0.15, 0.2) is 22.0 Å². The fourth-order valence-electron chi connectivity index (χ4n) is 1.96. The van der Waals surface area contributed by atoms with E-state index in [0.717, 1.165) is 0 Å². The van der Waals surface area contributed by atoms with Crippen molar-refractivity contribution in [1.82, 2.24) is 5.32 Å². The minimum absolute atomic E-state index is 0.143. The van der Waals surface area contributed by atoms with Crippen LogP contribution in [0.1, 0.15) is 13.8 Å². The van der Waals surface area contributed by atoms with Crippen molar-refractivity contribution in [2.75, 3.05) is 0 Å². The number of nitrogens with one attached hydrogen (secondary N) is 1. The summed E-state index contributed by atoms with van der Waals surface area (Å²) in [6.45, 7) is 3.49. The van der Waals surface area contributed by atoms with E-state index in [-0.39, 0.29) is 17.4 Å². The van der Waals surface area contributed by atoms with Crippen LogP contribution in [0.3, 0.4) is 0 Å². The number of amides is 1. The predicted molar refractivity (Wildman–Crippen MR) is 58.6 cm³/mol. The van der Waals surface area contributed by atoms with Crippen LogP contribution in [0, 0.1) is 11.3 Å². The summed E-state index contributed by atoms with van der Waals surface area (Å²) in [5, 5.41) is 2.72. The molecule has 5 heteroatoms. The Bertz CT molecular complexity index is 435. The lowest BCUT2D eigenvalue weighted by Crippen LogP contribution is -2.35. The molecule has 0 saturated carbocycles. The molecule has 1 amide bonds. The number of Topliss-reactive ketones (excluding diaryl/α,β-unsaturated/α-hetero) is 1. The van der Waals surface area contributed by atoms with Gasteiger partial charge >= 0.3 is 0 Å². The van der Waals surface area contributed by atoms with Crippen LogP contribution in [0.4, 0.5) is 0 Å². The number of rotatable bonds is 0. The van der Waals surface area contributed by atoms with Gasteiger partial charge in [0.1, 0.15) is 0 Å². The van der Waals surface area contributed by atoms with Gasteiger partial charge in [-0.25, -0.2) is 0 Å². The second-order valence-electron chi connectivity index (χ2n) is 4.33. The van der Waals surface area contributed by atoms with Gasteiger partial charge < -0.3 is 11.1 Å². The number of hydrogen-bond donors (Lipinski definition) is 2. The highest BCUT2D eigenvalue weighted by atomic mass is 79.9. The molecule has 0 aromatic carbocycles. The lowest BCUT2D eigenvalue weighted by molar-refractivity contribution is -0.131. The smallest absolute Gasteiger partial charge is 0.230 e. The average Bonchev–Trinajstić information content (AvgIpc) is 2.36. The molecule has 1 atom stereocenters. The van der Waals surface area contributed by atoms with Gasteiger partial charge in [-0.2, -0.15) is 0 Å². The van der Waals surface area contributed by atoms with Gasteiger partial charge in [0.15, 0.2) is 5.78 Å². The first-order valence-electron chi connectivity index (χ1n) is 4.58. The summed E-state index contributed by atoms with van der Waals surface area (Å²) in [5.41, 5.74) is 5.69. The first kappa shape index (κ1) is 10.4. The molecule has 1 fully saturated rings. The van der Waals surface area contributed by atoms with Crippen molar-refractivity contribution in [2.45, 2.75) is 13.8 Å². The zero-order valence-corrected chi connectivity index (χ0v) is 10.0. The van der Waals surface area contributed by atoms with Crippen LogP contribution in [0.5, 0.6) is 0 Å². The highest BCUT2D eigenvalue weighted by Crippen LogP contribution is 2.43. The Kier molecular flexibility index (Phi) is 2.05. The number of ketones is 1. The van der Waals surface area contributed by atoms with Crippen LogP contribution in [0.25, 0.3) is 0 Å². The van der Waals surface area contributed by atoms with Crippen molar-refractivity contribution in [3.05, 3.63) is 22.0 Å². The summed E-state index contributed by atoms with van der Waals surface area (Å²) in [5.74, 6) is -0.808. The number of fused-ring (bicyclic) bond motifs is 1. The van der Waals surface area contributed by atoms with E-state index in [1.165, 1.54) is 6.08 Å². The van der Waals surface area contributed by atoms with Gasteiger partial charge in [-0.3, -0.25) is 9.59 Å². The Morgan fingerprint density at radius 2 is 2.07 bits per heavy atom. The van der Waals surface area contributed by atoms with Crippen molar-refractivity contribution in [2.24, 2.45) is 17.1 Å². The predicted octanol–water partition coefficient (Wildman–Crippen LogP) is 0.790. The molecule has 0 spiro atoms. The molecule has 3 N–H and O–H groups in total. The number of allylic oxidation sites excluding steroid dienone is 4. The van der Waals surface area contributed by atoms with Crippen LogP contribution >= 0.6 is 15.9 Å². The average molecular weight is 271 g/mol. The second-order valence-corrected chi connectivity index (χ2v) is 5.19. The number of carbonyl (C=O) groups is 2. The monoisotopic (exact) mass is 270 g/mol. The Morgan fingerprint density at radius 1 is 1.47 bits per heavy atom. The molecule has 15 heavy (non-hydrogen) atoms. The molecule has 1 aliphatic heterocycles. The first-order valence-corrected chi connectivity index (χ1v) is 5.37. The topological polar surface area (TPSA) is 72.2 Å². The van der Waals surface area contributed by atoms with Gasteiger partial charge in [-0.1, -0.05) is 0 Å². The number of nitrogens with two attached hydrogens (primary N) is 1. The third-order valence-electron chi connectivity index (χ3n) is 2.93. The fourth-order valence-corrected chi connectivity index (χ4v) is 2.53. The van der Waals surface area contributed by atoms with E-state index >= 15 is 0 Å². The molecule has 0 aromatic heterocycles. The van der Waals surface area contributed by atoms with E-state index in [2.05, 4.69) is 21.2 Å². The minimum Gasteiger partial charge on any atom is -0.396 e. The van der Waals surface area contributed by atoms with Crippen molar-refractivity contribution in [3.8, 4) is 0 Å². The van der Waals surface area contributed by atoms with Gasteiger partial charge in [0.25, 0.3) is 0 Å². The zero-order chi connectivity index (χ0) is 11.4.